The van der Waals surface area contributed by atoms with Gasteiger partial charge >= 0.3 is 0 Å². The fraction of sp³-hybridized carbons (Fsp3) is 0.318. The third kappa shape index (κ3) is 2.81. The predicted octanol–water partition coefficient (Wildman–Crippen LogP) is 4.71. The average Bonchev–Trinajstić information content (AvgIpc) is 3.27. The van der Waals surface area contributed by atoms with Crippen LogP contribution in [0.3, 0.4) is 0 Å². The molecule has 2 aromatic carbocycles. The van der Waals surface area contributed by atoms with E-state index < -0.39 is 0 Å². The highest BCUT2D eigenvalue weighted by molar-refractivity contribution is 5.97. The molecule has 5 rings (SSSR count). The predicted molar refractivity (Wildman–Crippen MR) is 107 cm³/mol. The van der Waals surface area contributed by atoms with Gasteiger partial charge < -0.3 is 13.7 Å². The van der Waals surface area contributed by atoms with E-state index in [9.17, 15) is 4.79 Å². The van der Waals surface area contributed by atoms with Gasteiger partial charge in [0.15, 0.2) is 11.4 Å². The van der Waals surface area contributed by atoms with Gasteiger partial charge in [-0.25, -0.2) is 9.97 Å². The van der Waals surface area contributed by atoms with Crippen LogP contribution in [0.5, 0.6) is 0 Å². The van der Waals surface area contributed by atoms with Crippen LogP contribution in [0.4, 0.5) is 0 Å². The van der Waals surface area contributed by atoms with E-state index in [2.05, 4.69) is 22.5 Å². The number of hydrogen-bond donors (Lipinski definition) is 0. The van der Waals surface area contributed by atoms with Crippen molar-refractivity contribution >= 4 is 27.9 Å². The lowest BCUT2D eigenvalue weighted by molar-refractivity contribution is 0.0701. The topological polar surface area (TPSA) is 70.2 Å². The molecule has 0 amide bonds. The van der Waals surface area contributed by atoms with Crippen molar-refractivity contribution in [1.29, 1.82) is 0 Å². The van der Waals surface area contributed by atoms with Crippen molar-refractivity contribution in [3.63, 3.8) is 0 Å². The Kier molecular flexibility index (Phi) is 4.02. The molecule has 1 fully saturated rings. The van der Waals surface area contributed by atoms with Crippen molar-refractivity contribution in [1.82, 2.24) is 14.5 Å². The zero-order valence-electron chi connectivity index (χ0n) is 15.9. The summed E-state index contributed by atoms with van der Waals surface area (Å²) in [5.74, 6) is 1.57. The van der Waals surface area contributed by atoms with Gasteiger partial charge in [0, 0.05) is 30.4 Å². The zero-order valence-corrected chi connectivity index (χ0v) is 15.9. The number of Topliss-reactive ketones (excluding diaryl/α,β-unsaturated/α-hetero) is 1. The highest BCUT2D eigenvalue weighted by Gasteiger charge is 2.21. The van der Waals surface area contributed by atoms with E-state index in [1.165, 1.54) is 0 Å². The standard InChI is InChI=1S/C22H21N3O3/c1-13(26)15-4-6-21-19(11-15)24-22(28-21)16-3-5-20-18(12-16)23-14(2)25(20)17-7-9-27-10-8-17/h3-6,11-12,17H,7-10H2,1-2H3. The summed E-state index contributed by atoms with van der Waals surface area (Å²) in [4.78, 5) is 21.0. The van der Waals surface area contributed by atoms with Crippen molar-refractivity contribution in [2.45, 2.75) is 32.7 Å². The van der Waals surface area contributed by atoms with Crippen LogP contribution in [0.1, 0.15) is 42.0 Å². The van der Waals surface area contributed by atoms with Gasteiger partial charge in [0.1, 0.15) is 11.3 Å². The molecule has 0 saturated carbocycles. The summed E-state index contributed by atoms with van der Waals surface area (Å²) in [6.07, 6.45) is 2.02. The number of imidazole rings is 1. The molecule has 4 aromatic rings. The number of oxazole rings is 1. The van der Waals surface area contributed by atoms with Gasteiger partial charge in [-0.1, -0.05) is 0 Å². The number of aryl methyl sites for hydroxylation is 1. The van der Waals surface area contributed by atoms with Crippen molar-refractivity contribution in [2.75, 3.05) is 13.2 Å². The number of carbonyl (C=O) groups excluding carboxylic acids is 1. The monoisotopic (exact) mass is 375 g/mol. The first-order valence-corrected chi connectivity index (χ1v) is 9.58. The molecular weight excluding hydrogens is 354 g/mol. The molecule has 1 aliphatic rings. The summed E-state index contributed by atoms with van der Waals surface area (Å²) >= 11 is 0. The van der Waals surface area contributed by atoms with E-state index in [-0.39, 0.29) is 5.78 Å². The second-order valence-electron chi connectivity index (χ2n) is 7.33. The van der Waals surface area contributed by atoms with Gasteiger partial charge in [-0.3, -0.25) is 4.79 Å². The highest BCUT2D eigenvalue weighted by Crippen LogP contribution is 2.31. The maximum atomic E-state index is 11.6. The van der Waals surface area contributed by atoms with Gasteiger partial charge in [0.25, 0.3) is 0 Å². The minimum absolute atomic E-state index is 0.0157. The van der Waals surface area contributed by atoms with Gasteiger partial charge in [-0.2, -0.15) is 0 Å². The molecule has 0 atom stereocenters. The first-order valence-electron chi connectivity index (χ1n) is 9.58. The highest BCUT2D eigenvalue weighted by atomic mass is 16.5. The lowest BCUT2D eigenvalue weighted by Gasteiger charge is -2.25. The molecule has 0 N–H and O–H groups in total. The summed E-state index contributed by atoms with van der Waals surface area (Å²) in [6.45, 7) is 5.20. The minimum Gasteiger partial charge on any atom is -0.436 e. The number of aromatic nitrogens is 3. The molecule has 0 radical (unpaired) electrons. The Hall–Kier alpha value is -2.99. The quantitative estimate of drug-likeness (QED) is 0.485. The van der Waals surface area contributed by atoms with Gasteiger partial charge in [0.05, 0.1) is 11.0 Å². The van der Waals surface area contributed by atoms with Crippen LogP contribution in [0.15, 0.2) is 40.8 Å². The second-order valence-corrected chi connectivity index (χ2v) is 7.33. The summed E-state index contributed by atoms with van der Waals surface area (Å²) in [7, 11) is 0. The molecule has 28 heavy (non-hydrogen) atoms. The molecule has 2 aromatic heterocycles. The van der Waals surface area contributed by atoms with Gasteiger partial charge in [-0.15, -0.1) is 0 Å². The fourth-order valence-electron chi connectivity index (χ4n) is 4.03. The number of ether oxygens (including phenoxy) is 1. The Morgan fingerprint density at radius 1 is 1.07 bits per heavy atom. The van der Waals surface area contributed by atoms with E-state index in [4.69, 9.17) is 14.1 Å². The Morgan fingerprint density at radius 3 is 2.68 bits per heavy atom. The fourth-order valence-corrected chi connectivity index (χ4v) is 4.03. The molecule has 1 saturated heterocycles. The Labute approximate surface area is 162 Å². The normalized spacial score (nSPS) is 15.5. The molecular formula is C22H21N3O3. The number of rotatable bonds is 3. The molecule has 0 spiro atoms. The van der Waals surface area contributed by atoms with Crippen LogP contribution in [-0.4, -0.2) is 33.5 Å². The number of ketones is 1. The molecule has 0 aliphatic carbocycles. The first-order chi connectivity index (χ1) is 13.6. The second kappa shape index (κ2) is 6.56. The molecule has 142 valence electrons. The van der Waals surface area contributed by atoms with E-state index in [0.29, 0.717) is 28.6 Å². The van der Waals surface area contributed by atoms with Crippen LogP contribution in [0.25, 0.3) is 33.6 Å². The summed E-state index contributed by atoms with van der Waals surface area (Å²) < 4.78 is 13.7. The number of benzene rings is 2. The van der Waals surface area contributed by atoms with Crippen LogP contribution >= 0.6 is 0 Å². The molecule has 6 nitrogen and oxygen atoms in total. The lowest BCUT2D eigenvalue weighted by Crippen LogP contribution is -2.20. The van der Waals surface area contributed by atoms with Gasteiger partial charge in [0.2, 0.25) is 5.89 Å². The Morgan fingerprint density at radius 2 is 1.89 bits per heavy atom. The Balaban J connectivity index is 1.56. The van der Waals surface area contributed by atoms with Crippen LogP contribution in [-0.2, 0) is 4.74 Å². The average molecular weight is 375 g/mol. The van der Waals surface area contributed by atoms with Crippen LogP contribution in [0, 0.1) is 6.92 Å². The Bertz CT molecular complexity index is 1200. The zero-order chi connectivity index (χ0) is 19.3. The maximum Gasteiger partial charge on any atom is 0.227 e. The third-order valence-electron chi connectivity index (χ3n) is 5.46. The van der Waals surface area contributed by atoms with Crippen molar-refractivity contribution in [2.24, 2.45) is 0 Å². The maximum absolute atomic E-state index is 11.6. The van der Waals surface area contributed by atoms with Crippen LogP contribution in [0.2, 0.25) is 0 Å². The number of nitrogens with zero attached hydrogens (tertiary/aromatic N) is 3. The van der Waals surface area contributed by atoms with Crippen molar-refractivity contribution in [3.05, 3.63) is 47.8 Å². The van der Waals surface area contributed by atoms with E-state index in [1.807, 2.05) is 12.1 Å². The summed E-state index contributed by atoms with van der Waals surface area (Å²) in [6, 6.07) is 11.9. The lowest BCUT2D eigenvalue weighted by atomic mass is 10.1. The summed E-state index contributed by atoms with van der Waals surface area (Å²) in [5.41, 5.74) is 4.94. The smallest absolute Gasteiger partial charge is 0.227 e. The van der Waals surface area contributed by atoms with E-state index in [0.717, 1.165) is 48.5 Å². The largest absolute Gasteiger partial charge is 0.436 e. The van der Waals surface area contributed by atoms with E-state index >= 15 is 0 Å². The molecule has 3 heterocycles. The molecule has 0 bridgehead atoms. The number of hydrogen-bond acceptors (Lipinski definition) is 5. The SMILES string of the molecule is CC(=O)c1ccc2oc(-c3ccc4c(c3)nc(C)n4C3CCOCC3)nc2c1. The van der Waals surface area contributed by atoms with Crippen LogP contribution < -0.4 is 0 Å². The van der Waals surface area contributed by atoms with Gasteiger partial charge in [-0.05, 0) is 63.1 Å². The summed E-state index contributed by atoms with van der Waals surface area (Å²) in [5, 5.41) is 0. The molecule has 0 unspecified atom stereocenters. The third-order valence-corrected chi connectivity index (χ3v) is 5.46. The molecule has 6 heteroatoms. The number of fused-ring (bicyclic) bond motifs is 2. The molecule has 1 aliphatic heterocycles. The first kappa shape index (κ1) is 17.1. The number of carbonyl (C=O) groups is 1. The van der Waals surface area contributed by atoms with Crippen molar-refractivity contribution < 1.29 is 13.9 Å². The van der Waals surface area contributed by atoms with E-state index in [1.54, 1.807) is 25.1 Å². The van der Waals surface area contributed by atoms with Crippen molar-refractivity contribution in [3.8, 4) is 11.5 Å². The minimum atomic E-state index is 0.0157.